The summed E-state index contributed by atoms with van der Waals surface area (Å²) in [6.07, 6.45) is -14.2. The minimum atomic E-state index is -1.55. The van der Waals surface area contributed by atoms with E-state index in [0.29, 0.717) is 12.8 Å². The SMILES string of the molecule is CC[C@H](C)[C@H](C[C@H](O)CC(C)=O)OC(=O)C[C@@H](O)C[C@H](OC1OC(COC2OC(C)C(O)C(O)C2O)C(O)C1O)[C@@H](C)CC. The van der Waals surface area contributed by atoms with Crippen LogP contribution in [-0.2, 0) is 33.3 Å². The molecule has 0 aromatic carbocycles. The zero-order valence-electron chi connectivity index (χ0n) is 26.6. The fourth-order valence-electron chi connectivity index (χ4n) is 5.27. The van der Waals surface area contributed by atoms with Gasteiger partial charge in [0.1, 0.15) is 48.5 Å². The van der Waals surface area contributed by atoms with Crippen molar-refractivity contribution in [2.45, 2.75) is 160 Å². The van der Waals surface area contributed by atoms with Crippen LogP contribution in [0.25, 0.3) is 0 Å². The number of ketones is 1. The number of hydrogen-bond donors (Lipinski definition) is 7. The molecule has 0 radical (unpaired) electrons. The number of aliphatic hydroxyl groups is 7. The Hall–Kier alpha value is -1.30. The van der Waals surface area contributed by atoms with Crippen LogP contribution in [0.3, 0.4) is 0 Å². The second kappa shape index (κ2) is 18.1. The van der Waals surface area contributed by atoms with Gasteiger partial charge >= 0.3 is 5.97 Å². The molecule has 2 aliphatic rings. The first kappa shape index (κ1) is 38.9. The highest BCUT2D eigenvalue weighted by Gasteiger charge is 2.47. The summed E-state index contributed by atoms with van der Waals surface area (Å²) >= 11 is 0. The lowest BCUT2D eigenvalue weighted by Gasteiger charge is -2.39. The molecule has 0 spiro atoms. The Morgan fingerprint density at radius 2 is 1.30 bits per heavy atom. The van der Waals surface area contributed by atoms with Crippen LogP contribution in [-0.4, -0.2) is 134 Å². The monoisotopic (exact) mass is 638 g/mol. The summed E-state index contributed by atoms with van der Waals surface area (Å²) in [5, 5.41) is 72.2. The molecular formula is C30H54O14. The van der Waals surface area contributed by atoms with Crippen molar-refractivity contribution in [1.82, 2.24) is 0 Å². The van der Waals surface area contributed by atoms with E-state index in [1.54, 1.807) is 0 Å². The van der Waals surface area contributed by atoms with Crippen LogP contribution in [0.2, 0.25) is 0 Å². The van der Waals surface area contributed by atoms with Gasteiger partial charge in [-0.1, -0.05) is 40.5 Å². The molecule has 44 heavy (non-hydrogen) atoms. The highest BCUT2D eigenvalue weighted by Crippen LogP contribution is 2.30. The molecule has 14 nitrogen and oxygen atoms in total. The van der Waals surface area contributed by atoms with Gasteiger partial charge in [0, 0.05) is 19.3 Å². The van der Waals surface area contributed by atoms with E-state index in [-0.39, 0.29) is 49.9 Å². The van der Waals surface area contributed by atoms with Gasteiger partial charge < -0.3 is 59.4 Å². The van der Waals surface area contributed by atoms with Crippen molar-refractivity contribution < 1.29 is 69.0 Å². The number of aliphatic hydroxyl groups excluding tert-OH is 7. The number of carbonyl (C=O) groups is 2. The maximum atomic E-state index is 12.7. The van der Waals surface area contributed by atoms with Crippen molar-refractivity contribution in [3.63, 3.8) is 0 Å². The van der Waals surface area contributed by atoms with E-state index in [4.69, 9.17) is 23.7 Å². The molecule has 0 amide bonds. The van der Waals surface area contributed by atoms with Crippen molar-refractivity contribution in [2.75, 3.05) is 6.61 Å². The Balaban J connectivity index is 1.96. The van der Waals surface area contributed by atoms with Crippen LogP contribution in [0, 0.1) is 11.8 Å². The Kier molecular flexibility index (Phi) is 16.0. The van der Waals surface area contributed by atoms with Crippen LogP contribution in [0.4, 0.5) is 0 Å². The summed E-state index contributed by atoms with van der Waals surface area (Å²) < 4.78 is 28.2. The van der Waals surface area contributed by atoms with Gasteiger partial charge in [0.25, 0.3) is 0 Å². The van der Waals surface area contributed by atoms with E-state index in [9.17, 15) is 45.3 Å². The summed E-state index contributed by atoms with van der Waals surface area (Å²) in [4.78, 5) is 24.1. The standard InChI is InChI=1S/C30H54O14/c1-7-14(3)20(10-18(32)9-16(5)31)42-23(34)12-19(33)11-21(15(4)8-2)43-30-27(38)25(36)22(44-30)13-40-29-28(39)26(37)24(35)17(6)41-29/h14-15,17-22,24-30,32-33,35-39H,7-13H2,1-6H3/t14-,15-,17?,18+,19-,20-,21-,22?,24?,25?,26?,27?,28?,29?,30?/m0/s1. The summed E-state index contributed by atoms with van der Waals surface area (Å²) in [6.45, 7) is 10.1. The van der Waals surface area contributed by atoms with E-state index >= 15 is 0 Å². The third kappa shape index (κ3) is 11.2. The van der Waals surface area contributed by atoms with Crippen molar-refractivity contribution in [2.24, 2.45) is 11.8 Å². The summed E-state index contributed by atoms with van der Waals surface area (Å²) in [6, 6.07) is 0. The minimum Gasteiger partial charge on any atom is -0.462 e. The first-order chi connectivity index (χ1) is 20.6. The lowest BCUT2D eigenvalue weighted by molar-refractivity contribution is -0.300. The molecule has 9 unspecified atom stereocenters. The molecule has 0 saturated carbocycles. The zero-order chi connectivity index (χ0) is 33.3. The predicted molar refractivity (Wildman–Crippen MR) is 154 cm³/mol. The van der Waals surface area contributed by atoms with Crippen LogP contribution < -0.4 is 0 Å². The quantitative estimate of drug-likeness (QED) is 0.0945. The van der Waals surface area contributed by atoms with Gasteiger partial charge in [0.15, 0.2) is 12.6 Å². The number of Topliss-reactive ketones (excluding diaryl/α,β-unsaturated/α-hetero) is 1. The Morgan fingerprint density at radius 1 is 0.750 bits per heavy atom. The van der Waals surface area contributed by atoms with Gasteiger partial charge in [0.05, 0.1) is 37.4 Å². The van der Waals surface area contributed by atoms with Crippen LogP contribution in [0.5, 0.6) is 0 Å². The van der Waals surface area contributed by atoms with Crippen LogP contribution in [0.1, 0.15) is 80.1 Å². The molecule has 2 rings (SSSR count). The number of hydrogen-bond acceptors (Lipinski definition) is 14. The minimum absolute atomic E-state index is 0.00484. The largest absolute Gasteiger partial charge is 0.462 e. The van der Waals surface area contributed by atoms with Gasteiger partial charge in [-0.25, -0.2) is 0 Å². The van der Waals surface area contributed by atoms with Crippen molar-refractivity contribution in [3.05, 3.63) is 0 Å². The van der Waals surface area contributed by atoms with Gasteiger partial charge in [-0.15, -0.1) is 0 Å². The van der Waals surface area contributed by atoms with Crippen molar-refractivity contribution in [1.29, 1.82) is 0 Å². The molecule has 0 aromatic rings. The van der Waals surface area contributed by atoms with Gasteiger partial charge in [-0.3, -0.25) is 9.59 Å². The third-order valence-electron chi connectivity index (χ3n) is 8.63. The van der Waals surface area contributed by atoms with Crippen LogP contribution >= 0.6 is 0 Å². The molecule has 258 valence electrons. The fraction of sp³-hybridized carbons (Fsp3) is 0.933. The number of esters is 1. The second-order valence-corrected chi connectivity index (χ2v) is 12.4. The molecule has 14 heteroatoms. The van der Waals surface area contributed by atoms with Crippen LogP contribution in [0.15, 0.2) is 0 Å². The first-order valence-electron chi connectivity index (χ1n) is 15.6. The Labute approximate surface area is 259 Å². The summed E-state index contributed by atoms with van der Waals surface area (Å²) in [7, 11) is 0. The van der Waals surface area contributed by atoms with E-state index in [1.807, 2.05) is 27.7 Å². The lowest BCUT2D eigenvalue weighted by atomic mass is 9.94. The third-order valence-corrected chi connectivity index (χ3v) is 8.63. The molecule has 2 aliphatic heterocycles. The predicted octanol–water partition coefficient (Wildman–Crippen LogP) is -0.462. The van der Waals surface area contributed by atoms with Gasteiger partial charge in [0.2, 0.25) is 0 Å². The average molecular weight is 639 g/mol. The molecule has 0 aliphatic carbocycles. The molecule has 2 saturated heterocycles. The molecule has 0 aromatic heterocycles. The maximum absolute atomic E-state index is 12.7. The topological polar surface area (TPSA) is 222 Å². The van der Waals surface area contributed by atoms with Crippen molar-refractivity contribution >= 4 is 11.8 Å². The van der Waals surface area contributed by atoms with Crippen molar-refractivity contribution in [3.8, 4) is 0 Å². The molecule has 7 N–H and O–H groups in total. The average Bonchev–Trinajstić information content (AvgIpc) is 3.22. The van der Waals surface area contributed by atoms with E-state index in [0.717, 1.165) is 0 Å². The molecular weight excluding hydrogens is 584 g/mol. The number of ether oxygens (including phenoxy) is 5. The number of rotatable bonds is 18. The zero-order valence-corrected chi connectivity index (χ0v) is 26.6. The fourth-order valence-corrected chi connectivity index (χ4v) is 5.27. The van der Waals surface area contributed by atoms with Gasteiger partial charge in [-0.2, -0.15) is 0 Å². The van der Waals surface area contributed by atoms with E-state index in [1.165, 1.54) is 13.8 Å². The smallest absolute Gasteiger partial charge is 0.308 e. The highest BCUT2D eigenvalue weighted by atomic mass is 16.7. The Bertz CT molecular complexity index is 875. The second-order valence-electron chi connectivity index (χ2n) is 12.4. The summed E-state index contributed by atoms with van der Waals surface area (Å²) in [5.41, 5.74) is 0. The lowest BCUT2D eigenvalue weighted by Crippen LogP contribution is -2.57. The molecule has 2 fully saturated rings. The molecule has 0 bridgehead atoms. The number of carbonyl (C=O) groups excluding carboxylic acids is 2. The highest BCUT2D eigenvalue weighted by molar-refractivity contribution is 5.76. The normalized spacial score (nSPS) is 35.0. The Morgan fingerprint density at radius 3 is 1.89 bits per heavy atom. The van der Waals surface area contributed by atoms with E-state index in [2.05, 4.69) is 0 Å². The molecule has 15 atom stereocenters. The van der Waals surface area contributed by atoms with Gasteiger partial charge in [-0.05, 0) is 25.7 Å². The maximum Gasteiger partial charge on any atom is 0.308 e. The first-order valence-corrected chi connectivity index (χ1v) is 15.6. The summed E-state index contributed by atoms with van der Waals surface area (Å²) in [5.74, 6) is -1.05. The molecule has 2 heterocycles. The van der Waals surface area contributed by atoms with E-state index < -0.39 is 85.7 Å².